The summed E-state index contributed by atoms with van der Waals surface area (Å²) in [5.74, 6) is -0.442. The van der Waals surface area contributed by atoms with Crippen molar-refractivity contribution in [2.75, 3.05) is 7.11 Å². The van der Waals surface area contributed by atoms with Crippen LogP contribution >= 0.6 is 0 Å². The average molecular weight is 235 g/mol. The second kappa shape index (κ2) is 4.99. The first-order valence-electron chi connectivity index (χ1n) is 5.30. The molecule has 0 spiro atoms. The Labute approximate surface area is 101 Å². The average Bonchev–Trinajstić information content (AvgIpc) is 2.24. The van der Waals surface area contributed by atoms with E-state index >= 15 is 0 Å². The van der Waals surface area contributed by atoms with Crippen LogP contribution in [0, 0.1) is 5.41 Å². The summed E-state index contributed by atoms with van der Waals surface area (Å²) < 4.78 is 4.97. The Morgan fingerprint density at radius 3 is 2.41 bits per heavy atom. The summed E-state index contributed by atoms with van der Waals surface area (Å²) in [7, 11) is 1.54. The SMILES string of the molecule is COc1ccc(/C(=C/C(=O)O)C(C)(C)C)cn1. The maximum Gasteiger partial charge on any atom is 0.328 e. The maximum atomic E-state index is 10.8. The number of hydrogen-bond acceptors (Lipinski definition) is 3. The fourth-order valence-corrected chi connectivity index (χ4v) is 1.52. The molecule has 0 bridgehead atoms. The third kappa shape index (κ3) is 3.59. The van der Waals surface area contributed by atoms with Gasteiger partial charge < -0.3 is 9.84 Å². The Bertz CT molecular complexity index is 427. The van der Waals surface area contributed by atoms with E-state index < -0.39 is 5.97 Å². The summed E-state index contributed by atoms with van der Waals surface area (Å²) in [5, 5.41) is 8.89. The highest BCUT2D eigenvalue weighted by molar-refractivity contribution is 5.91. The van der Waals surface area contributed by atoms with Crippen molar-refractivity contribution in [3.8, 4) is 5.88 Å². The number of pyridine rings is 1. The predicted octanol–water partition coefficient (Wildman–Crippen LogP) is 2.60. The van der Waals surface area contributed by atoms with Crippen molar-refractivity contribution in [1.82, 2.24) is 4.98 Å². The minimum atomic E-state index is -0.953. The van der Waals surface area contributed by atoms with Gasteiger partial charge in [0.25, 0.3) is 0 Å². The lowest BCUT2D eigenvalue weighted by Gasteiger charge is -2.22. The van der Waals surface area contributed by atoms with E-state index in [0.29, 0.717) is 5.88 Å². The first-order valence-corrected chi connectivity index (χ1v) is 5.30. The summed E-state index contributed by atoms with van der Waals surface area (Å²) in [4.78, 5) is 14.9. The smallest absolute Gasteiger partial charge is 0.328 e. The molecule has 0 fully saturated rings. The maximum absolute atomic E-state index is 10.8. The van der Waals surface area contributed by atoms with E-state index in [-0.39, 0.29) is 5.41 Å². The number of carboxylic acids is 1. The number of aliphatic carboxylic acids is 1. The van der Waals surface area contributed by atoms with Gasteiger partial charge >= 0.3 is 5.97 Å². The van der Waals surface area contributed by atoms with Crippen molar-refractivity contribution in [2.24, 2.45) is 5.41 Å². The molecular weight excluding hydrogens is 218 g/mol. The molecule has 0 amide bonds. The zero-order valence-corrected chi connectivity index (χ0v) is 10.5. The van der Waals surface area contributed by atoms with E-state index in [1.165, 1.54) is 6.08 Å². The van der Waals surface area contributed by atoms with Gasteiger partial charge in [0.1, 0.15) is 0 Å². The van der Waals surface area contributed by atoms with Gasteiger partial charge in [-0.1, -0.05) is 20.8 Å². The highest BCUT2D eigenvalue weighted by Gasteiger charge is 2.20. The number of aromatic nitrogens is 1. The van der Waals surface area contributed by atoms with Gasteiger partial charge in [-0.3, -0.25) is 0 Å². The molecule has 0 aliphatic rings. The van der Waals surface area contributed by atoms with E-state index in [9.17, 15) is 4.79 Å². The van der Waals surface area contributed by atoms with Gasteiger partial charge in [0.15, 0.2) is 0 Å². The van der Waals surface area contributed by atoms with Crippen LogP contribution in [0.3, 0.4) is 0 Å². The lowest BCUT2D eigenvalue weighted by Crippen LogP contribution is -2.10. The second-order valence-corrected chi connectivity index (χ2v) is 4.74. The molecule has 1 heterocycles. The van der Waals surface area contributed by atoms with Gasteiger partial charge in [0, 0.05) is 18.3 Å². The minimum absolute atomic E-state index is 0.255. The Morgan fingerprint density at radius 2 is 2.06 bits per heavy atom. The van der Waals surface area contributed by atoms with E-state index in [1.54, 1.807) is 19.4 Å². The van der Waals surface area contributed by atoms with Crippen LogP contribution in [0.5, 0.6) is 5.88 Å². The number of methoxy groups -OCH3 is 1. The van der Waals surface area contributed by atoms with Crippen LogP contribution in [-0.4, -0.2) is 23.2 Å². The third-order valence-electron chi connectivity index (χ3n) is 2.33. The monoisotopic (exact) mass is 235 g/mol. The standard InChI is InChI=1S/C13H17NO3/c1-13(2,3)10(7-12(15)16)9-5-6-11(17-4)14-8-9/h5-8H,1-4H3,(H,15,16)/b10-7-. The fraction of sp³-hybridized carbons (Fsp3) is 0.385. The molecule has 4 nitrogen and oxygen atoms in total. The predicted molar refractivity (Wildman–Crippen MR) is 65.9 cm³/mol. The number of carboxylic acid groups (broad SMARTS) is 1. The van der Waals surface area contributed by atoms with Gasteiger partial charge in [-0.2, -0.15) is 0 Å². The molecule has 0 unspecified atom stereocenters. The molecule has 1 aromatic rings. The summed E-state index contributed by atoms with van der Waals surface area (Å²) in [6.07, 6.45) is 2.85. The van der Waals surface area contributed by atoms with Crippen LogP contribution in [0.15, 0.2) is 24.4 Å². The van der Waals surface area contributed by atoms with Crippen LogP contribution in [0.4, 0.5) is 0 Å². The summed E-state index contributed by atoms with van der Waals surface area (Å²) in [6, 6.07) is 3.53. The van der Waals surface area contributed by atoms with E-state index in [1.807, 2.05) is 26.8 Å². The topological polar surface area (TPSA) is 59.4 Å². The highest BCUT2D eigenvalue weighted by Crippen LogP contribution is 2.33. The quantitative estimate of drug-likeness (QED) is 0.818. The Kier molecular flexibility index (Phi) is 3.89. The van der Waals surface area contributed by atoms with Crippen LogP contribution in [-0.2, 0) is 4.79 Å². The summed E-state index contributed by atoms with van der Waals surface area (Å²) in [5.41, 5.74) is 1.27. The molecule has 0 saturated heterocycles. The van der Waals surface area contributed by atoms with Gasteiger partial charge in [0.2, 0.25) is 5.88 Å². The number of hydrogen-bond donors (Lipinski definition) is 1. The number of carbonyl (C=O) groups is 1. The Balaban J connectivity index is 3.19. The largest absolute Gasteiger partial charge is 0.481 e. The summed E-state index contributed by atoms with van der Waals surface area (Å²) >= 11 is 0. The third-order valence-corrected chi connectivity index (χ3v) is 2.33. The molecule has 0 saturated carbocycles. The number of ether oxygens (including phenoxy) is 1. The molecule has 4 heteroatoms. The Hall–Kier alpha value is -1.84. The van der Waals surface area contributed by atoms with Crippen LogP contribution in [0.1, 0.15) is 26.3 Å². The molecule has 0 aliphatic carbocycles. The highest BCUT2D eigenvalue weighted by atomic mass is 16.5. The van der Waals surface area contributed by atoms with E-state index in [4.69, 9.17) is 9.84 Å². The van der Waals surface area contributed by atoms with E-state index in [0.717, 1.165) is 11.1 Å². The second-order valence-electron chi connectivity index (χ2n) is 4.74. The van der Waals surface area contributed by atoms with Crippen LogP contribution < -0.4 is 4.74 Å². The zero-order valence-electron chi connectivity index (χ0n) is 10.5. The van der Waals surface area contributed by atoms with E-state index in [2.05, 4.69) is 4.98 Å². The minimum Gasteiger partial charge on any atom is -0.481 e. The van der Waals surface area contributed by atoms with Gasteiger partial charge in [-0.05, 0) is 22.6 Å². The molecular formula is C13H17NO3. The van der Waals surface area contributed by atoms with Crippen LogP contribution in [0.2, 0.25) is 0 Å². The first-order chi connectivity index (χ1) is 7.84. The lowest BCUT2D eigenvalue weighted by molar-refractivity contribution is -0.131. The number of allylic oxidation sites excluding steroid dienone is 1. The van der Waals surface area contributed by atoms with Gasteiger partial charge in [-0.15, -0.1) is 0 Å². The van der Waals surface area contributed by atoms with Crippen molar-refractivity contribution < 1.29 is 14.6 Å². The number of nitrogens with zero attached hydrogens (tertiary/aromatic N) is 1. The number of rotatable bonds is 3. The van der Waals surface area contributed by atoms with Crippen molar-refractivity contribution in [2.45, 2.75) is 20.8 Å². The zero-order chi connectivity index (χ0) is 13.1. The summed E-state index contributed by atoms with van der Waals surface area (Å²) in [6.45, 7) is 5.89. The molecule has 0 aromatic carbocycles. The molecule has 17 heavy (non-hydrogen) atoms. The van der Waals surface area contributed by atoms with Gasteiger partial charge in [-0.25, -0.2) is 9.78 Å². The lowest BCUT2D eigenvalue weighted by atomic mass is 9.82. The van der Waals surface area contributed by atoms with Crippen LogP contribution in [0.25, 0.3) is 5.57 Å². The molecule has 1 N–H and O–H groups in total. The van der Waals surface area contributed by atoms with Crippen molar-refractivity contribution in [3.63, 3.8) is 0 Å². The first kappa shape index (κ1) is 13.2. The Morgan fingerprint density at radius 1 is 1.41 bits per heavy atom. The van der Waals surface area contributed by atoms with Crippen molar-refractivity contribution >= 4 is 11.5 Å². The fourth-order valence-electron chi connectivity index (χ4n) is 1.52. The molecule has 0 aliphatic heterocycles. The molecule has 1 aromatic heterocycles. The molecule has 92 valence electrons. The van der Waals surface area contributed by atoms with Gasteiger partial charge in [0.05, 0.1) is 7.11 Å². The molecule has 0 atom stereocenters. The van der Waals surface area contributed by atoms with Crippen molar-refractivity contribution in [3.05, 3.63) is 30.0 Å². The normalized spacial score (nSPS) is 12.4. The van der Waals surface area contributed by atoms with Crippen molar-refractivity contribution in [1.29, 1.82) is 0 Å². The molecule has 1 rings (SSSR count). The molecule has 0 radical (unpaired) electrons.